The van der Waals surface area contributed by atoms with Crippen molar-refractivity contribution in [2.75, 3.05) is 34.4 Å². The van der Waals surface area contributed by atoms with Crippen molar-refractivity contribution >= 4 is 24.3 Å². The molecule has 0 radical (unpaired) electrons. The van der Waals surface area contributed by atoms with E-state index in [1.165, 1.54) is 21.3 Å². The Hall–Kier alpha value is -2.19. The van der Waals surface area contributed by atoms with Gasteiger partial charge in [-0.25, -0.2) is 0 Å². The van der Waals surface area contributed by atoms with Crippen molar-refractivity contribution in [3.8, 4) is 17.2 Å². The van der Waals surface area contributed by atoms with Crippen molar-refractivity contribution in [3.05, 3.63) is 17.7 Å². The van der Waals surface area contributed by atoms with Gasteiger partial charge < -0.3 is 24.6 Å². The molecule has 2 N–H and O–H groups in total. The van der Waals surface area contributed by atoms with Crippen LogP contribution in [-0.4, -0.2) is 62.3 Å². The van der Waals surface area contributed by atoms with Crippen molar-refractivity contribution in [2.45, 2.75) is 25.4 Å². The minimum Gasteiger partial charge on any atom is -0.496 e. The molecule has 1 unspecified atom stereocenters. The second kappa shape index (κ2) is 10.1. The number of carboxylic acid groups (broad SMARTS) is 1. The van der Waals surface area contributed by atoms with Crippen molar-refractivity contribution in [3.63, 3.8) is 0 Å². The molecule has 2 rings (SSSR count). The number of halogens is 1. The number of ether oxygens (including phenoxy) is 3. The second-order valence-electron chi connectivity index (χ2n) is 5.76. The van der Waals surface area contributed by atoms with E-state index in [0.29, 0.717) is 30.2 Å². The van der Waals surface area contributed by atoms with Crippen LogP contribution in [0, 0.1) is 0 Å². The third kappa shape index (κ3) is 5.15. The molecule has 26 heavy (non-hydrogen) atoms. The summed E-state index contributed by atoms with van der Waals surface area (Å²) in [6.07, 6.45) is 1.36. The molecular weight excluding hydrogens is 364 g/mol. The van der Waals surface area contributed by atoms with E-state index < -0.39 is 12.0 Å². The number of aliphatic carboxylic acids is 1. The number of carboxylic acids is 1. The van der Waals surface area contributed by atoms with Gasteiger partial charge in [-0.3, -0.25) is 14.5 Å². The zero-order chi connectivity index (χ0) is 18.4. The zero-order valence-electron chi connectivity index (χ0n) is 15.1. The number of methoxy groups -OCH3 is 3. The quantitative estimate of drug-likeness (QED) is 0.692. The molecule has 1 aliphatic heterocycles. The van der Waals surface area contributed by atoms with Crippen LogP contribution in [0.4, 0.5) is 0 Å². The molecule has 9 heteroatoms. The number of nitrogens with one attached hydrogen (secondary N) is 1. The lowest BCUT2D eigenvalue weighted by molar-refractivity contribution is -0.142. The van der Waals surface area contributed by atoms with E-state index in [9.17, 15) is 9.59 Å². The average molecular weight is 389 g/mol. The molecule has 0 spiro atoms. The summed E-state index contributed by atoms with van der Waals surface area (Å²) >= 11 is 0. The van der Waals surface area contributed by atoms with Gasteiger partial charge in [0.15, 0.2) is 11.5 Å². The smallest absolute Gasteiger partial charge is 0.320 e. The molecule has 1 heterocycles. The predicted octanol–water partition coefficient (Wildman–Crippen LogP) is 1.30. The number of likely N-dealkylation sites (tertiary alicyclic amines) is 1. The topological polar surface area (TPSA) is 97.3 Å². The van der Waals surface area contributed by atoms with Crippen LogP contribution in [0.5, 0.6) is 17.2 Å². The van der Waals surface area contributed by atoms with Gasteiger partial charge in [-0.15, -0.1) is 12.4 Å². The number of hydrogen-bond donors (Lipinski definition) is 2. The Labute approximate surface area is 158 Å². The first kappa shape index (κ1) is 21.9. The number of benzene rings is 1. The van der Waals surface area contributed by atoms with E-state index in [2.05, 4.69) is 5.32 Å². The fourth-order valence-corrected chi connectivity index (χ4v) is 2.96. The standard InChI is InChI=1S/C17H24N2O6.ClH/c1-23-13-8-15(25-3)14(24-2)7-11(13)9-18-16(20)10-19-6-4-5-12(19)17(21)22;/h7-8,12H,4-6,9-10H2,1-3H3,(H,18,20)(H,21,22);1H. The Morgan fingerprint density at radius 1 is 1.15 bits per heavy atom. The van der Waals surface area contributed by atoms with E-state index in [4.69, 9.17) is 19.3 Å². The summed E-state index contributed by atoms with van der Waals surface area (Å²) in [7, 11) is 4.61. The van der Waals surface area contributed by atoms with Gasteiger partial charge in [-0.05, 0) is 25.5 Å². The minimum atomic E-state index is -0.883. The van der Waals surface area contributed by atoms with E-state index in [-0.39, 0.29) is 31.4 Å². The lowest BCUT2D eigenvalue weighted by atomic mass is 10.1. The molecule has 8 nitrogen and oxygen atoms in total. The average Bonchev–Trinajstić information content (AvgIpc) is 3.07. The Bertz CT molecular complexity index is 640. The number of nitrogens with zero attached hydrogens (tertiary/aromatic N) is 1. The lowest BCUT2D eigenvalue weighted by Crippen LogP contribution is -2.42. The van der Waals surface area contributed by atoms with Gasteiger partial charge in [0.2, 0.25) is 5.91 Å². The summed E-state index contributed by atoms with van der Waals surface area (Å²) in [6, 6.07) is 2.86. The first-order chi connectivity index (χ1) is 12.0. The molecule has 0 aromatic heterocycles. The number of carbonyl (C=O) groups excluding carboxylic acids is 1. The number of hydrogen-bond acceptors (Lipinski definition) is 6. The molecule has 1 atom stereocenters. The van der Waals surface area contributed by atoms with Crippen molar-refractivity contribution in [2.24, 2.45) is 0 Å². The largest absolute Gasteiger partial charge is 0.496 e. The third-order valence-electron chi connectivity index (χ3n) is 4.26. The van der Waals surface area contributed by atoms with Gasteiger partial charge >= 0.3 is 5.97 Å². The zero-order valence-corrected chi connectivity index (χ0v) is 15.9. The highest BCUT2D eigenvalue weighted by molar-refractivity contribution is 5.85. The Kier molecular flexibility index (Phi) is 8.47. The molecule has 1 fully saturated rings. The summed E-state index contributed by atoms with van der Waals surface area (Å²) in [4.78, 5) is 25.0. The van der Waals surface area contributed by atoms with Crippen molar-refractivity contribution < 1.29 is 28.9 Å². The maximum Gasteiger partial charge on any atom is 0.320 e. The lowest BCUT2D eigenvalue weighted by Gasteiger charge is -2.20. The molecule has 0 aliphatic carbocycles. The maximum absolute atomic E-state index is 12.2. The minimum absolute atomic E-state index is 0. The van der Waals surface area contributed by atoms with Crippen LogP contribution in [-0.2, 0) is 16.1 Å². The van der Waals surface area contributed by atoms with Gasteiger partial charge in [0.05, 0.1) is 27.9 Å². The van der Waals surface area contributed by atoms with Gasteiger partial charge in [0.25, 0.3) is 0 Å². The summed E-state index contributed by atoms with van der Waals surface area (Å²) in [5, 5.41) is 12.0. The highest BCUT2D eigenvalue weighted by Gasteiger charge is 2.31. The Morgan fingerprint density at radius 3 is 2.35 bits per heavy atom. The van der Waals surface area contributed by atoms with Crippen LogP contribution in [0.25, 0.3) is 0 Å². The van der Waals surface area contributed by atoms with E-state index >= 15 is 0 Å². The molecule has 1 saturated heterocycles. The van der Waals surface area contributed by atoms with E-state index in [0.717, 1.165) is 12.0 Å². The van der Waals surface area contributed by atoms with Crippen LogP contribution in [0.2, 0.25) is 0 Å². The summed E-state index contributed by atoms with van der Waals surface area (Å²) in [5.41, 5.74) is 0.740. The predicted molar refractivity (Wildman–Crippen MR) is 97.4 cm³/mol. The van der Waals surface area contributed by atoms with Crippen LogP contribution < -0.4 is 19.5 Å². The number of amides is 1. The normalized spacial score (nSPS) is 16.5. The highest BCUT2D eigenvalue weighted by Crippen LogP contribution is 2.34. The van der Waals surface area contributed by atoms with E-state index in [1.807, 2.05) is 0 Å². The number of carbonyl (C=O) groups is 2. The van der Waals surface area contributed by atoms with Gasteiger partial charge in [-0.2, -0.15) is 0 Å². The molecule has 1 aromatic carbocycles. The molecule has 0 saturated carbocycles. The summed E-state index contributed by atoms with van der Waals surface area (Å²) in [5.74, 6) is 0.535. The van der Waals surface area contributed by atoms with Crippen LogP contribution >= 0.6 is 12.4 Å². The first-order valence-electron chi connectivity index (χ1n) is 8.02. The molecular formula is C17H25ClN2O6. The van der Waals surface area contributed by atoms with E-state index in [1.54, 1.807) is 17.0 Å². The molecule has 0 bridgehead atoms. The monoisotopic (exact) mass is 388 g/mol. The fourth-order valence-electron chi connectivity index (χ4n) is 2.96. The molecule has 1 aromatic rings. The second-order valence-corrected chi connectivity index (χ2v) is 5.76. The molecule has 1 amide bonds. The molecule has 1 aliphatic rings. The Morgan fingerprint density at radius 2 is 1.77 bits per heavy atom. The maximum atomic E-state index is 12.2. The van der Waals surface area contributed by atoms with Gasteiger partial charge in [0, 0.05) is 18.2 Å². The highest BCUT2D eigenvalue weighted by atomic mass is 35.5. The SMILES string of the molecule is COc1cc(OC)c(OC)cc1CNC(=O)CN1CCCC1C(=O)O.Cl. The summed E-state index contributed by atoms with van der Waals surface area (Å²) < 4.78 is 15.8. The van der Waals surface area contributed by atoms with Crippen LogP contribution in [0.3, 0.4) is 0 Å². The third-order valence-corrected chi connectivity index (χ3v) is 4.26. The first-order valence-corrected chi connectivity index (χ1v) is 8.02. The van der Waals surface area contributed by atoms with Crippen molar-refractivity contribution in [1.29, 1.82) is 0 Å². The number of rotatable bonds is 8. The fraction of sp³-hybridized carbons (Fsp3) is 0.529. The van der Waals surface area contributed by atoms with Crippen LogP contribution in [0.15, 0.2) is 12.1 Å². The van der Waals surface area contributed by atoms with Crippen LogP contribution in [0.1, 0.15) is 18.4 Å². The van der Waals surface area contributed by atoms with Crippen molar-refractivity contribution in [1.82, 2.24) is 10.2 Å². The Balaban J connectivity index is 0.00000338. The molecule has 146 valence electrons. The van der Waals surface area contributed by atoms with Gasteiger partial charge in [0.1, 0.15) is 11.8 Å². The van der Waals surface area contributed by atoms with Gasteiger partial charge in [-0.1, -0.05) is 0 Å². The summed E-state index contributed by atoms with van der Waals surface area (Å²) in [6.45, 7) is 0.921.